The van der Waals surface area contributed by atoms with Crippen LogP contribution in [0.15, 0.2) is 11.6 Å². The number of morpholine rings is 1. The van der Waals surface area contributed by atoms with Gasteiger partial charge in [0.15, 0.2) is 0 Å². The highest BCUT2D eigenvalue weighted by atomic mass is 16.5. The van der Waals surface area contributed by atoms with Gasteiger partial charge in [0.25, 0.3) is 0 Å². The molecule has 8 nitrogen and oxygen atoms in total. The minimum atomic E-state index is -0.307. The maximum Gasteiger partial charge on any atom is 0.341 e. The van der Waals surface area contributed by atoms with Crippen LogP contribution in [-0.2, 0) is 32.0 Å². The van der Waals surface area contributed by atoms with Crippen molar-refractivity contribution in [1.82, 2.24) is 4.90 Å². The second-order valence-corrected chi connectivity index (χ2v) is 8.47. The SMILES string of the molecule is CNc1c(C/C=C(\C)CCC(=O)OCCCN2CCOCC2)c(OC)c(C)c2c1C(=O)OC2. The quantitative estimate of drug-likeness (QED) is 0.306. The van der Waals surface area contributed by atoms with Crippen LogP contribution in [0.1, 0.15) is 53.2 Å². The molecule has 1 aromatic carbocycles. The second-order valence-electron chi connectivity index (χ2n) is 8.47. The molecule has 0 aliphatic carbocycles. The number of hydrogen-bond acceptors (Lipinski definition) is 8. The number of carbonyl (C=O) groups is 2. The number of benzene rings is 1. The molecule has 0 saturated carbocycles. The zero-order chi connectivity index (χ0) is 23.8. The number of nitrogens with one attached hydrogen (secondary N) is 1. The number of methoxy groups -OCH3 is 1. The molecule has 182 valence electrons. The fourth-order valence-corrected chi connectivity index (χ4v) is 4.38. The molecule has 0 amide bonds. The topological polar surface area (TPSA) is 86.3 Å². The Balaban J connectivity index is 1.52. The van der Waals surface area contributed by atoms with Crippen molar-refractivity contribution in [2.24, 2.45) is 0 Å². The summed E-state index contributed by atoms with van der Waals surface area (Å²) in [6.07, 6.45) is 4.49. The highest BCUT2D eigenvalue weighted by molar-refractivity contribution is 6.01. The molecule has 3 rings (SSSR count). The minimum Gasteiger partial charge on any atom is -0.496 e. The smallest absolute Gasteiger partial charge is 0.341 e. The van der Waals surface area contributed by atoms with Crippen molar-refractivity contribution in [2.45, 2.75) is 46.1 Å². The average molecular weight is 461 g/mol. The highest BCUT2D eigenvalue weighted by Crippen LogP contribution is 2.41. The summed E-state index contributed by atoms with van der Waals surface area (Å²) in [6.45, 7) is 9.07. The molecule has 8 heteroatoms. The van der Waals surface area contributed by atoms with Crippen molar-refractivity contribution in [3.8, 4) is 5.75 Å². The van der Waals surface area contributed by atoms with Crippen LogP contribution in [0.5, 0.6) is 5.75 Å². The molecule has 2 heterocycles. The largest absolute Gasteiger partial charge is 0.496 e. The number of esters is 2. The average Bonchev–Trinajstić information content (AvgIpc) is 3.21. The Morgan fingerprint density at radius 2 is 2.00 bits per heavy atom. The monoisotopic (exact) mass is 460 g/mol. The van der Waals surface area contributed by atoms with Gasteiger partial charge >= 0.3 is 11.9 Å². The molecule has 0 unspecified atom stereocenters. The molecule has 1 aromatic rings. The zero-order valence-electron chi connectivity index (χ0n) is 20.3. The van der Waals surface area contributed by atoms with E-state index in [1.165, 1.54) is 0 Å². The molecule has 1 saturated heterocycles. The fraction of sp³-hybridized carbons (Fsp3) is 0.600. The molecule has 0 bridgehead atoms. The van der Waals surface area contributed by atoms with E-state index in [2.05, 4.69) is 16.3 Å². The van der Waals surface area contributed by atoms with Gasteiger partial charge in [0.1, 0.15) is 12.4 Å². The predicted octanol–water partition coefficient (Wildman–Crippen LogP) is 3.25. The molecule has 1 fully saturated rings. The van der Waals surface area contributed by atoms with Crippen molar-refractivity contribution in [1.29, 1.82) is 0 Å². The van der Waals surface area contributed by atoms with Crippen LogP contribution < -0.4 is 10.1 Å². The molecular formula is C25H36N2O6. The first-order valence-corrected chi connectivity index (χ1v) is 11.6. The van der Waals surface area contributed by atoms with E-state index in [4.69, 9.17) is 18.9 Å². The van der Waals surface area contributed by atoms with E-state index in [1.54, 1.807) is 14.2 Å². The number of carbonyl (C=O) groups excluding carboxylic acids is 2. The lowest BCUT2D eigenvalue weighted by atomic mass is 9.93. The third kappa shape index (κ3) is 6.26. The summed E-state index contributed by atoms with van der Waals surface area (Å²) in [4.78, 5) is 26.7. The van der Waals surface area contributed by atoms with Gasteiger partial charge in [-0.3, -0.25) is 9.69 Å². The van der Waals surface area contributed by atoms with E-state index in [-0.39, 0.29) is 18.5 Å². The Bertz CT molecular complexity index is 890. The lowest BCUT2D eigenvalue weighted by Gasteiger charge is -2.26. The minimum absolute atomic E-state index is 0.172. The van der Waals surface area contributed by atoms with Crippen LogP contribution in [0.2, 0.25) is 0 Å². The van der Waals surface area contributed by atoms with Crippen molar-refractivity contribution < 1.29 is 28.5 Å². The number of allylic oxidation sites excluding steroid dienone is 2. The van der Waals surface area contributed by atoms with Gasteiger partial charge in [-0.15, -0.1) is 0 Å². The third-order valence-corrected chi connectivity index (χ3v) is 6.29. The Kier molecular flexibility index (Phi) is 9.14. The van der Waals surface area contributed by atoms with Gasteiger partial charge in [0.2, 0.25) is 0 Å². The maximum atomic E-state index is 12.3. The van der Waals surface area contributed by atoms with E-state index >= 15 is 0 Å². The number of hydrogen-bond donors (Lipinski definition) is 1. The van der Waals surface area contributed by atoms with E-state index in [1.807, 2.05) is 13.8 Å². The normalized spacial score (nSPS) is 16.4. The zero-order valence-corrected chi connectivity index (χ0v) is 20.3. The van der Waals surface area contributed by atoms with Gasteiger partial charge in [-0.05, 0) is 38.7 Å². The van der Waals surface area contributed by atoms with E-state index in [9.17, 15) is 9.59 Å². The standard InChI is InChI=1S/C25H36N2O6/c1-17(7-9-21(28)32-13-5-10-27-11-14-31-15-12-27)6-8-19-23(26-3)22-20(16-33-25(22)29)18(2)24(19)30-4/h6,26H,5,7-16H2,1-4H3/b17-6+. The van der Waals surface area contributed by atoms with E-state index in [0.29, 0.717) is 31.4 Å². The first kappa shape index (κ1) is 25.1. The van der Waals surface area contributed by atoms with Crippen molar-refractivity contribution >= 4 is 17.6 Å². The van der Waals surface area contributed by atoms with Crippen molar-refractivity contribution in [3.05, 3.63) is 33.9 Å². The molecule has 0 aromatic heterocycles. The summed E-state index contributed by atoms with van der Waals surface area (Å²) < 4.78 is 21.7. The van der Waals surface area contributed by atoms with Crippen LogP contribution in [0.25, 0.3) is 0 Å². The van der Waals surface area contributed by atoms with E-state index in [0.717, 1.165) is 73.0 Å². The Morgan fingerprint density at radius 3 is 2.70 bits per heavy atom. The number of ether oxygens (including phenoxy) is 4. The summed E-state index contributed by atoms with van der Waals surface area (Å²) in [5.41, 5.74) is 5.16. The van der Waals surface area contributed by atoms with Crippen LogP contribution in [0.3, 0.4) is 0 Å². The van der Waals surface area contributed by atoms with Gasteiger partial charge < -0.3 is 24.3 Å². The summed E-state index contributed by atoms with van der Waals surface area (Å²) in [5, 5.41) is 3.16. The maximum absolute atomic E-state index is 12.3. The highest BCUT2D eigenvalue weighted by Gasteiger charge is 2.31. The van der Waals surface area contributed by atoms with Gasteiger partial charge in [-0.25, -0.2) is 4.79 Å². The third-order valence-electron chi connectivity index (χ3n) is 6.29. The van der Waals surface area contributed by atoms with Gasteiger partial charge in [-0.2, -0.15) is 0 Å². The molecule has 33 heavy (non-hydrogen) atoms. The van der Waals surface area contributed by atoms with Gasteiger partial charge in [0, 0.05) is 44.2 Å². The lowest BCUT2D eigenvalue weighted by Crippen LogP contribution is -2.37. The first-order chi connectivity index (χ1) is 16.0. The number of nitrogens with zero attached hydrogens (tertiary/aromatic N) is 1. The fourth-order valence-electron chi connectivity index (χ4n) is 4.38. The van der Waals surface area contributed by atoms with Crippen LogP contribution in [-0.4, -0.2) is 70.5 Å². The number of fused-ring (bicyclic) bond motifs is 1. The van der Waals surface area contributed by atoms with Crippen molar-refractivity contribution in [3.63, 3.8) is 0 Å². The van der Waals surface area contributed by atoms with Crippen LogP contribution in [0.4, 0.5) is 5.69 Å². The summed E-state index contributed by atoms with van der Waals surface area (Å²) >= 11 is 0. The predicted molar refractivity (Wildman–Crippen MR) is 126 cm³/mol. The molecular weight excluding hydrogens is 424 g/mol. The Morgan fingerprint density at radius 1 is 1.24 bits per heavy atom. The number of rotatable bonds is 11. The lowest BCUT2D eigenvalue weighted by molar-refractivity contribution is -0.143. The molecule has 0 radical (unpaired) electrons. The molecule has 2 aliphatic rings. The Hall–Kier alpha value is -2.58. The van der Waals surface area contributed by atoms with Crippen molar-refractivity contribution in [2.75, 3.05) is 58.9 Å². The van der Waals surface area contributed by atoms with Crippen LogP contribution >= 0.6 is 0 Å². The van der Waals surface area contributed by atoms with Crippen LogP contribution in [0, 0.1) is 6.92 Å². The summed E-state index contributed by atoms with van der Waals surface area (Å²) in [7, 11) is 3.44. The molecule has 1 N–H and O–H groups in total. The molecule has 2 aliphatic heterocycles. The summed E-state index contributed by atoms with van der Waals surface area (Å²) in [6, 6.07) is 0. The second kappa shape index (κ2) is 12.0. The Labute approximate surface area is 196 Å². The molecule has 0 atom stereocenters. The number of anilines is 1. The first-order valence-electron chi connectivity index (χ1n) is 11.6. The molecule has 0 spiro atoms. The number of cyclic esters (lactones) is 1. The van der Waals surface area contributed by atoms with Gasteiger partial charge in [0.05, 0.1) is 38.2 Å². The summed E-state index contributed by atoms with van der Waals surface area (Å²) in [5.74, 6) is 0.285. The van der Waals surface area contributed by atoms with E-state index < -0.39 is 0 Å². The van der Waals surface area contributed by atoms with Gasteiger partial charge in [-0.1, -0.05) is 11.6 Å².